The van der Waals surface area contributed by atoms with E-state index in [1.807, 2.05) is 30.4 Å². The molecule has 1 unspecified atom stereocenters. The number of aromatic hydroxyl groups is 1. The fraction of sp³-hybridized carbons (Fsp3) is 0.333. The summed E-state index contributed by atoms with van der Waals surface area (Å²) in [6, 6.07) is 7.06. The molecule has 0 saturated carbocycles. The van der Waals surface area contributed by atoms with Crippen LogP contribution in [0.1, 0.15) is 32.8 Å². The zero-order chi connectivity index (χ0) is 15.2. The third kappa shape index (κ3) is 5.89. The van der Waals surface area contributed by atoms with Crippen LogP contribution in [0.5, 0.6) is 5.75 Å². The largest absolute Gasteiger partial charge is 0.508 e. The SMILES string of the molecule is C=CC(C)(C=Cc1ccc(O)cc1)CC=CC(C)(C)O. The summed E-state index contributed by atoms with van der Waals surface area (Å²) in [6.07, 6.45) is 10.5. The summed E-state index contributed by atoms with van der Waals surface area (Å²) in [5.41, 5.74) is 0.0740. The molecule has 2 heteroatoms. The fourth-order valence-electron chi connectivity index (χ4n) is 1.69. The van der Waals surface area contributed by atoms with Crippen molar-refractivity contribution in [2.24, 2.45) is 5.41 Å². The molecule has 108 valence electrons. The predicted molar refractivity (Wildman–Crippen MR) is 85.5 cm³/mol. The first-order valence-corrected chi connectivity index (χ1v) is 6.76. The average molecular weight is 272 g/mol. The van der Waals surface area contributed by atoms with Gasteiger partial charge in [-0.15, -0.1) is 6.58 Å². The Morgan fingerprint density at radius 3 is 2.20 bits per heavy atom. The quantitative estimate of drug-likeness (QED) is 0.757. The van der Waals surface area contributed by atoms with Gasteiger partial charge in [-0.25, -0.2) is 0 Å². The molecule has 0 aliphatic rings. The van der Waals surface area contributed by atoms with Crippen LogP contribution in [0.3, 0.4) is 0 Å². The molecule has 2 N–H and O–H groups in total. The first-order valence-electron chi connectivity index (χ1n) is 6.76. The maximum absolute atomic E-state index is 9.67. The summed E-state index contributed by atoms with van der Waals surface area (Å²) in [6.45, 7) is 9.48. The first kappa shape index (κ1) is 16.3. The Morgan fingerprint density at radius 1 is 1.10 bits per heavy atom. The molecule has 1 atom stereocenters. The Morgan fingerprint density at radius 2 is 1.70 bits per heavy atom. The normalized spacial score (nSPS) is 15.6. The van der Waals surface area contributed by atoms with Crippen molar-refractivity contribution < 1.29 is 10.2 Å². The minimum atomic E-state index is -0.789. The van der Waals surface area contributed by atoms with E-state index in [4.69, 9.17) is 0 Å². The van der Waals surface area contributed by atoms with E-state index < -0.39 is 5.60 Å². The van der Waals surface area contributed by atoms with E-state index in [0.29, 0.717) is 0 Å². The van der Waals surface area contributed by atoms with Crippen molar-refractivity contribution in [3.63, 3.8) is 0 Å². The molecule has 20 heavy (non-hydrogen) atoms. The number of benzene rings is 1. The van der Waals surface area contributed by atoms with Crippen molar-refractivity contribution in [1.82, 2.24) is 0 Å². The van der Waals surface area contributed by atoms with E-state index in [2.05, 4.69) is 19.6 Å². The molecule has 0 aromatic heterocycles. The van der Waals surface area contributed by atoms with E-state index in [1.165, 1.54) is 0 Å². The first-order chi connectivity index (χ1) is 9.24. The summed E-state index contributed by atoms with van der Waals surface area (Å²) in [5.74, 6) is 0.266. The maximum Gasteiger partial charge on any atom is 0.115 e. The lowest BCUT2D eigenvalue weighted by Gasteiger charge is -2.20. The Hall–Kier alpha value is -1.80. The third-order valence-electron chi connectivity index (χ3n) is 3.10. The monoisotopic (exact) mass is 272 g/mol. The summed E-state index contributed by atoms with van der Waals surface area (Å²) in [7, 11) is 0. The molecular formula is C18H24O2. The van der Waals surface area contributed by atoms with E-state index in [-0.39, 0.29) is 11.2 Å². The fourth-order valence-corrected chi connectivity index (χ4v) is 1.69. The molecule has 1 aromatic rings. The van der Waals surface area contributed by atoms with Gasteiger partial charge in [-0.3, -0.25) is 0 Å². The Kier molecular flexibility index (Phi) is 5.34. The second-order valence-corrected chi connectivity index (χ2v) is 5.89. The molecular weight excluding hydrogens is 248 g/mol. The van der Waals surface area contributed by atoms with Gasteiger partial charge in [0.2, 0.25) is 0 Å². The molecule has 0 heterocycles. The zero-order valence-corrected chi connectivity index (χ0v) is 12.5. The number of hydrogen-bond donors (Lipinski definition) is 2. The topological polar surface area (TPSA) is 40.5 Å². The Labute approximate surface area is 121 Å². The molecule has 0 amide bonds. The molecule has 2 nitrogen and oxygen atoms in total. The highest BCUT2D eigenvalue weighted by Gasteiger charge is 2.15. The van der Waals surface area contributed by atoms with Crippen LogP contribution in [-0.4, -0.2) is 15.8 Å². The summed E-state index contributed by atoms with van der Waals surface area (Å²) in [5, 5.41) is 18.9. The maximum atomic E-state index is 9.67. The highest BCUT2D eigenvalue weighted by molar-refractivity contribution is 5.51. The lowest BCUT2D eigenvalue weighted by molar-refractivity contribution is 0.132. The molecule has 0 radical (unpaired) electrons. The standard InChI is InChI=1S/C18H24O2/c1-5-18(4,13-6-12-17(2,3)20)14-11-15-7-9-16(19)10-8-15/h5-12,14,19-20H,1,13H2,2-4H3. The van der Waals surface area contributed by atoms with Crippen LogP contribution >= 0.6 is 0 Å². The smallest absolute Gasteiger partial charge is 0.115 e. The van der Waals surface area contributed by atoms with Crippen molar-refractivity contribution in [2.75, 3.05) is 0 Å². The molecule has 1 rings (SSSR count). The van der Waals surface area contributed by atoms with E-state index in [1.54, 1.807) is 32.1 Å². The van der Waals surface area contributed by atoms with Gasteiger partial charge in [0.15, 0.2) is 0 Å². The Balaban J connectivity index is 2.76. The van der Waals surface area contributed by atoms with Gasteiger partial charge in [-0.1, -0.05) is 49.4 Å². The number of hydrogen-bond acceptors (Lipinski definition) is 2. The predicted octanol–water partition coefficient (Wildman–Crippen LogP) is 4.31. The second-order valence-electron chi connectivity index (χ2n) is 5.89. The van der Waals surface area contributed by atoms with Crippen molar-refractivity contribution in [1.29, 1.82) is 0 Å². The highest BCUT2D eigenvalue weighted by atomic mass is 16.3. The lowest BCUT2D eigenvalue weighted by atomic mass is 9.85. The van der Waals surface area contributed by atoms with Gasteiger partial charge in [0.25, 0.3) is 0 Å². The van der Waals surface area contributed by atoms with Crippen LogP contribution < -0.4 is 0 Å². The Bertz CT molecular complexity index is 489. The van der Waals surface area contributed by atoms with Crippen LogP contribution in [0, 0.1) is 5.41 Å². The minimum Gasteiger partial charge on any atom is -0.508 e. The van der Waals surface area contributed by atoms with Crippen molar-refractivity contribution in [3.8, 4) is 5.75 Å². The average Bonchev–Trinajstić information content (AvgIpc) is 2.37. The van der Waals surface area contributed by atoms with E-state index in [0.717, 1.165) is 12.0 Å². The summed E-state index contributed by atoms with van der Waals surface area (Å²) in [4.78, 5) is 0. The minimum absolute atomic E-state index is 0.167. The molecule has 0 bridgehead atoms. The summed E-state index contributed by atoms with van der Waals surface area (Å²) >= 11 is 0. The second kappa shape index (κ2) is 6.58. The summed E-state index contributed by atoms with van der Waals surface area (Å²) < 4.78 is 0. The number of rotatable bonds is 6. The lowest BCUT2D eigenvalue weighted by Crippen LogP contribution is -2.14. The van der Waals surface area contributed by atoms with Crippen molar-refractivity contribution in [2.45, 2.75) is 32.8 Å². The van der Waals surface area contributed by atoms with Gasteiger partial charge in [0, 0.05) is 5.41 Å². The van der Waals surface area contributed by atoms with Crippen LogP contribution in [0.25, 0.3) is 6.08 Å². The molecule has 0 aliphatic carbocycles. The van der Waals surface area contributed by atoms with Crippen LogP contribution in [0.2, 0.25) is 0 Å². The van der Waals surface area contributed by atoms with E-state index in [9.17, 15) is 10.2 Å². The third-order valence-corrected chi connectivity index (χ3v) is 3.10. The zero-order valence-electron chi connectivity index (χ0n) is 12.5. The van der Waals surface area contributed by atoms with Gasteiger partial charge >= 0.3 is 0 Å². The number of aliphatic hydroxyl groups is 1. The molecule has 1 aromatic carbocycles. The molecule has 0 spiro atoms. The number of phenolic OH excluding ortho intramolecular Hbond substituents is 1. The van der Waals surface area contributed by atoms with Gasteiger partial charge in [0.1, 0.15) is 5.75 Å². The highest BCUT2D eigenvalue weighted by Crippen LogP contribution is 2.27. The van der Waals surface area contributed by atoms with Gasteiger partial charge < -0.3 is 10.2 Å². The van der Waals surface area contributed by atoms with Gasteiger partial charge in [0.05, 0.1) is 5.60 Å². The van der Waals surface area contributed by atoms with Crippen LogP contribution in [-0.2, 0) is 0 Å². The van der Waals surface area contributed by atoms with Crippen LogP contribution in [0.15, 0.2) is 55.1 Å². The van der Waals surface area contributed by atoms with Crippen molar-refractivity contribution in [3.05, 3.63) is 60.7 Å². The van der Waals surface area contributed by atoms with E-state index >= 15 is 0 Å². The molecule has 0 fully saturated rings. The molecule has 0 saturated heterocycles. The van der Waals surface area contributed by atoms with Crippen LogP contribution in [0.4, 0.5) is 0 Å². The van der Waals surface area contributed by atoms with Gasteiger partial charge in [-0.05, 0) is 38.0 Å². The number of allylic oxidation sites excluding steroid dienone is 3. The molecule has 0 aliphatic heterocycles. The van der Waals surface area contributed by atoms with Gasteiger partial charge in [-0.2, -0.15) is 0 Å². The number of phenols is 1. The van der Waals surface area contributed by atoms with Crippen molar-refractivity contribution >= 4 is 6.08 Å².